The smallest absolute Gasteiger partial charge is 0.229 e. The van der Waals surface area contributed by atoms with Crippen molar-refractivity contribution in [3.8, 4) is 5.75 Å². The van der Waals surface area contributed by atoms with Crippen molar-refractivity contribution >= 4 is 5.91 Å². The number of hydrogen-bond donors (Lipinski definition) is 1. The first kappa shape index (κ1) is 15.6. The van der Waals surface area contributed by atoms with Crippen LogP contribution in [0.15, 0.2) is 41.1 Å². The average Bonchev–Trinajstić information content (AvgIpc) is 3.22. The topological polar surface area (TPSA) is 75.8 Å². The van der Waals surface area contributed by atoms with Crippen LogP contribution in [-0.2, 0) is 22.5 Å². The molecule has 1 fully saturated rings. The fraction of sp³-hybridized carbons (Fsp3) is 0.412. The number of ether oxygens (including phenoxy) is 1. The highest BCUT2D eigenvalue weighted by Gasteiger charge is 2.24. The zero-order valence-electron chi connectivity index (χ0n) is 12.9. The molecule has 0 aliphatic carbocycles. The molecule has 1 saturated heterocycles. The van der Waals surface area contributed by atoms with Crippen LogP contribution in [0.4, 0.5) is 0 Å². The van der Waals surface area contributed by atoms with Crippen molar-refractivity contribution < 1.29 is 19.2 Å². The second-order valence-electron chi connectivity index (χ2n) is 5.71. The zero-order valence-corrected chi connectivity index (χ0v) is 12.9. The van der Waals surface area contributed by atoms with Crippen LogP contribution in [0, 0.1) is 0 Å². The van der Waals surface area contributed by atoms with E-state index in [1.54, 1.807) is 23.1 Å². The molecule has 3 rings (SSSR count). The minimum Gasteiger partial charge on any atom is -0.508 e. The van der Waals surface area contributed by atoms with Gasteiger partial charge in [0.1, 0.15) is 12.0 Å². The normalized spacial score (nSPS) is 17.3. The van der Waals surface area contributed by atoms with Crippen LogP contribution >= 0.6 is 0 Å². The fourth-order valence-corrected chi connectivity index (χ4v) is 2.73. The van der Waals surface area contributed by atoms with Gasteiger partial charge < -0.3 is 19.3 Å². The fourth-order valence-electron chi connectivity index (χ4n) is 2.73. The highest BCUT2D eigenvalue weighted by Crippen LogP contribution is 2.20. The van der Waals surface area contributed by atoms with Gasteiger partial charge in [0.25, 0.3) is 0 Å². The Bertz CT molecular complexity index is 636. The molecule has 23 heavy (non-hydrogen) atoms. The third-order valence-electron chi connectivity index (χ3n) is 3.98. The Hall–Kier alpha value is -2.34. The first-order valence-corrected chi connectivity index (χ1v) is 7.78. The maximum Gasteiger partial charge on any atom is 0.229 e. The van der Waals surface area contributed by atoms with Gasteiger partial charge in [-0.25, -0.2) is 0 Å². The summed E-state index contributed by atoms with van der Waals surface area (Å²) in [4.78, 5) is 14.3. The number of benzene rings is 1. The molecular weight excluding hydrogens is 296 g/mol. The molecule has 1 N–H and O–H groups in total. The molecule has 6 heteroatoms. The van der Waals surface area contributed by atoms with Gasteiger partial charge in [-0.05, 0) is 18.9 Å². The van der Waals surface area contributed by atoms with Crippen LogP contribution in [0.3, 0.4) is 0 Å². The minimum absolute atomic E-state index is 0.0575. The van der Waals surface area contributed by atoms with Crippen molar-refractivity contribution in [2.45, 2.75) is 31.9 Å². The Kier molecular flexibility index (Phi) is 4.92. The van der Waals surface area contributed by atoms with Crippen molar-refractivity contribution in [2.75, 3.05) is 13.2 Å². The van der Waals surface area contributed by atoms with Gasteiger partial charge in [-0.3, -0.25) is 4.79 Å². The molecule has 6 nitrogen and oxygen atoms in total. The number of carbonyl (C=O) groups excluding carboxylic acids is 1. The SMILES string of the molecule is O=C(Cc1ccon1)N(Cc1ccccc1O)C[C@@H]1CCCO1. The van der Waals surface area contributed by atoms with E-state index in [4.69, 9.17) is 9.26 Å². The lowest BCUT2D eigenvalue weighted by molar-refractivity contribution is -0.132. The Labute approximate surface area is 134 Å². The van der Waals surface area contributed by atoms with E-state index in [-0.39, 0.29) is 24.2 Å². The minimum atomic E-state index is -0.0577. The van der Waals surface area contributed by atoms with Gasteiger partial charge in [-0.2, -0.15) is 0 Å². The molecule has 1 atom stereocenters. The van der Waals surface area contributed by atoms with Crippen LogP contribution < -0.4 is 0 Å². The van der Waals surface area contributed by atoms with Crippen LogP contribution in [0.25, 0.3) is 0 Å². The molecule has 2 heterocycles. The third kappa shape index (κ3) is 4.10. The zero-order chi connectivity index (χ0) is 16.1. The monoisotopic (exact) mass is 316 g/mol. The number of phenolic OH excluding ortho intramolecular Hbond substituents is 1. The number of amides is 1. The van der Waals surface area contributed by atoms with Gasteiger partial charge >= 0.3 is 0 Å². The number of aromatic hydroxyl groups is 1. The lowest BCUT2D eigenvalue weighted by Gasteiger charge is -2.25. The van der Waals surface area contributed by atoms with Crippen molar-refractivity contribution in [3.05, 3.63) is 47.9 Å². The Morgan fingerprint density at radius 2 is 2.22 bits per heavy atom. The summed E-state index contributed by atoms with van der Waals surface area (Å²) >= 11 is 0. The molecular formula is C17H20N2O4. The highest BCUT2D eigenvalue weighted by molar-refractivity contribution is 5.78. The standard InChI is InChI=1S/C17H20N2O4/c20-16-6-2-1-4-13(16)11-19(12-15-5-3-8-22-15)17(21)10-14-7-9-23-18-14/h1-2,4,6-7,9,15,20H,3,5,8,10-12H2/t15-/m0/s1. The summed E-state index contributed by atoms with van der Waals surface area (Å²) in [5.74, 6) is 0.136. The Morgan fingerprint density at radius 1 is 1.35 bits per heavy atom. The number of para-hydroxylation sites is 1. The molecule has 1 aliphatic rings. The lowest BCUT2D eigenvalue weighted by Crippen LogP contribution is -2.37. The molecule has 0 saturated carbocycles. The summed E-state index contributed by atoms with van der Waals surface area (Å²) in [6.07, 6.45) is 3.66. The molecule has 0 spiro atoms. The Morgan fingerprint density at radius 3 is 2.91 bits per heavy atom. The summed E-state index contributed by atoms with van der Waals surface area (Å²) in [5.41, 5.74) is 1.32. The third-order valence-corrected chi connectivity index (χ3v) is 3.98. The molecule has 1 aliphatic heterocycles. The van der Waals surface area contributed by atoms with Gasteiger partial charge in [-0.1, -0.05) is 23.4 Å². The van der Waals surface area contributed by atoms with E-state index in [2.05, 4.69) is 5.16 Å². The van der Waals surface area contributed by atoms with Crippen molar-refractivity contribution in [3.63, 3.8) is 0 Å². The number of hydrogen-bond acceptors (Lipinski definition) is 5. The molecule has 0 unspecified atom stereocenters. The molecule has 2 aromatic rings. The van der Waals surface area contributed by atoms with Gasteiger partial charge in [0.2, 0.25) is 5.91 Å². The predicted octanol–water partition coefficient (Wildman–Crippen LogP) is 2.13. The second-order valence-corrected chi connectivity index (χ2v) is 5.71. The Balaban J connectivity index is 1.72. The molecule has 1 aromatic carbocycles. The van der Waals surface area contributed by atoms with Crippen molar-refractivity contribution in [1.29, 1.82) is 0 Å². The molecule has 0 radical (unpaired) electrons. The van der Waals surface area contributed by atoms with Crippen molar-refractivity contribution in [2.24, 2.45) is 0 Å². The summed E-state index contributed by atoms with van der Waals surface area (Å²) in [6, 6.07) is 8.74. The van der Waals surface area contributed by atoms with E-state index in [9.17, 15) is 9.90 Å². The van der Waals surface area contributed by atoms with E-state index < -0.39 is 0 Å². The van der Waals surface area contributed by atoms with Gasteiger partial charge in [0.15, 0.2) is 0 Å². The molecule has 122 valence electrons. The van der Waals surface area contributed by atoms with E-state index in [0.717, 1.165) is 25.0 Å². The first-order valence-electron chi connectivity index (χ1n) is 7.78. The maximum absolute atomic E-state index is 12.6. The quantitative estimate of drug-likeness (QED) is 0.883. The van der Waals surface area contributed by atoms with E-state index >= 15 is 0 Å². The number of carbonyl (C=O) groups is 1. The van der Waals surface area contributed by atoms with E-state index in [1.165, 1.54) is 6.26 Å². The average molecular weight is 316 g/mol. The number of nitrogens with zero attached hydrogens (tertiary/aromatic N) is 2. The largest absolute Gasteiger partial charge is 0.508 e. The maximum atomic E-state index is 12.6. The highest BCUT2D eigenvalue weighted by atomic mass is 16.5. The molecule has 1 aromatic heterocycles. The number of phenols is 1. The van der Waals surface area contributed by atoms with Gasteiger partial charge in [-0.15, -0.1) is 0 Å². The summed E-state index contributed by atoms with van der Waals surface area (Å²) in [6.45, 7) is 1.61. The van der Waals surface area contributed by atoms with E-state index in [1.807, 2.05) is 12.1 Å². The van der Waals surface area contributed by atoms with Crippen LogP contribution in [0.5, 0.6) is 5.75 Å². The summed E-state index contributed by atoms with van der Waals surface area (Å²) < 4.78 is 10.4. The second kappa shape index (κ2) is 7.28. The number of rotatable bonds is 6. The van der Waals surface area contributed by atoms with Crippen LogP contribution in [0.1, 0.15) is 24.1 Å². The van der Waals surface area contributed by atoms with Crippen molar-refractivity contribution in [1.82, 2.24) is 10.1 Å². The summed E-state index contributed by atoms with van der Waals surface area (Å²) in [5, 5.41) is 13.8. The summed E-state index contributed by atoms with van der Waals surface area (Å²) in [7, 11) is 0. The van der Waals surface area contributed by atoms with Crippen LogP contribution in [0.2, 0.25) is 0 Å². The van der Waals surface area contributed by atoms with Gasteiger partial charge in [0, 0.05) is 31.3 Å². The predicted molar refractivity (Wildman–Crippen MR) is 82.7 cm³/mol. The van der Waals surface area contributed by atoms with Crippen LogP contribution in [-0.4, -0.2) is 40.3 Å². The molecule has 0 bridgehead atoms. The van der Waals surface area contributed by atoms with Gasteiger partial charge in [0.05, 0.1) is 18.2 Å². The van der Waals surface area contributed by atoms with E-state index in [0.29, 0.717) is 18.8 Å². The number of aromatic nitrogens is 1. The molecule has 1 amide bonds. The first-order chi connectivity index (χ1) is 11.2. The lowest BCUT2D eigenvalue weighted by atomic mass is 10.1.